The minimum Gasteiger partial charge on any atom is -0.256 e. The smallest absolute Gasteiger partial charge is 0.0991 e. The maximum Gasteiger partial charge on any atom is 0.0991 e. The molecule has 6 aromatic rings. The van der Waals surface area contributed by atoms with E-state index in [1.54, 1.807) is 17.8 Å². The summed E-state index contributed by atoms with van der Waals surface area (Å²) in [4.78, 5) is 4.15. The Labute approximate surface area is 238 Å². The number of rotatable bonds is 1. The number of benzene rings is 5. The van der Waals surface area contributed by atoms with Crippen molar-refractivity contribution in [3.05, 3.63) is 136 Å². The van der Waals surface area contributed by atoms with Gasteiger partial charge >= 0.3 is 0 Å². The number of nitrogens with zero attached hydrogens (tertiary/aromatic N) is 2. The van der Waals surface area contributed by atoms with Crippen molar-refractivity contribution in [3.8, 4) is 6.07 Å². The minimum absolute atomic E-state index is 0.155. The van der Waals surface area contributed by atoms with Crippen molar-refractivity contribution in [1.82, 2.24) is 4.98 Å². The number of pyridine rings is 1. The normalized spacial score (nSPS) is 15.8. The first-order valence-electron chi connectivity index (χ1n) is 13.4. The van der Waals surface area contributed by atoms with E-state index in [4.69, 9.17) is 5.26 Å². The van der Waals surface area contributed by atoms with Crippen LogP contribution in [0.3, 0.4) is 0 Å². The molecule has 0 saturated carbocycles. The van der Waals surface area contributed by atoms with E-state index in [1.165, 1.54) is 43.6 Å². The molecular formula is C36H29BrN2. The summed E-state index contributed by atoms with van der Waals surface area (Å²) in [5.41, 5.74) is 6.27. The minimum atomic E-state index is 0.155. The molecule has 39 heavy (non-hydrogen) atoms. The van der Waals surface area contributed by atoms with Crippen molar-refractivity contribution in [1.29, 1.82) is 5.26 Å². The summed E-state index contributed by atoms with van der Waals surface area (Å²) >= 11 is 3.64. The number of hydrogen-bond donors (Lipinski definition) is 0. The zero-order valence-corrected chi connectivity index (χ0v) is 23.7. The lowest BCUT2D eigenvalue weighted by atomic mass is 9.65. The van der Waals surface area contributed by atoms with Gasteiger partial charge in [-0.05, 0) is 98.8 Å². The van der Waals surface area contributed by atoms with Crippen LogP contribution in [0.4, 0.5) is 0 Å². The van der Waals surface area contributed by atoms with Crippen LogP contribution in [0.25, 0.3) is 32.4 Å². The molecule has 0 fully saturated rings. The second-order valence-electron chi connectivity index (χ2n) is 11.0. The summed E-state index contributed by atoms with van der Waals surface area (Å²) in [6, 6.07) is 38.3. The van der Waals surface area contributed by atoms with Gasteiger partial charge in [-0.3, -0.25) is 4.98 Å². The van der Waals surface area contributed by atoms with Crippen LogP contribution in [0.15, 0.2) is 114 Å². The lowest BCUT2D eigenvalue weighted by molar-refractivity contribution is 0.395. The Morgan fingerprint density at radius 3 is 2.46 bits per heavy atom. The van der Waals surface area contributed by atoms with Crippen molar-refractivity contribution in [2.45, 2.75) is 38.0 Å². The third-order valence-electron chi connectivity index (χ3n) is 7.96. The van der Waals surface area contributed by atoms with E-state index in [-0.39, 0.29) is 5.41 Å². The summed E-state index contributed by atoms with van der Waals surface area (Å²) < 4.78 is 1.17. The summed E-state index contributed by atoms with van der Waals surface area (Å²) in [5, 5.41) is 15.1. The third kappa shape index (κ3) is 4.93. The van der Waals surface area contributed by atoms with Crippen LogP contribution in [-0.4, -0.2) is 4.98 Å². The number of fused-ring (bicyclic) bond motifs is 6. The zero-order chi connectivity index (χ0) is 27.0. The van der Waals surface area contributed by atoms with Crippen LogP contribution < -0.4 is 0 Å². The van der Waals surface area contributed by atoms with Gasteiger partial charge in [0, 0.05) is 16.1 Å². The van der Waals surface area contributed by atoms with Gasteiger partial charge < -0.3 is 0 Å². The molecule has 0 saturated heterocycles. The molecule has 0 bridgehead atoms. The lowest BCUT2D eigenvalue weighted by Gasteiger charge is -2.39. The fourth-order valence-electron chi connectivity index (χ4n) is 6.30. The number of halogens is 1. The van der Waals surface area contributed by atoms with Gasteiger partial charge in [0.15, 0.2) is 0 Å². The maximum absolute atomic E-state index is 8.63. The van der Waals surface area contributed by atoms with E-state index in [0.717, 1.165) is 17.3 Å². The fourth-order valence-corrected chi connectivity index (χ4v) is 6.72. The van der Waals surface area contributed by atoms with Crippen LogP contribution >= 0.6 is 15.9 Å². The van der Waals surface area contributed by atoms with E-state index in [1.807, 2.05) is 24.3 Å². The monoisotopic (exact) mass is 568 g/mol. The highest BCUT2D eigenvalue weighted by Crippen LogP contribution is 2.47. The van der Waals surface area contributed by atoms with Crippen molar-refractivity contribution in [2.75, 3.05) is 0 Å². The molecule has 190 valence electrons. The quantitative estimate of drug-likeness (QED) is 0.185. The Hall–Kier alpha value is -4.00. The van der Waals surface area contributed by atoms with Gasteiger partial charge in [0.25, 0.3) is 0 Å². The molecule has 2 nitrogen and oxygen atoms in total. The molecule has 0 aliphatic heterocycles. The van der Waals surface area contributed by atoms with Gasteiger partial charge in [0.05, 0.1) is 17.1 Å². The lowest BCUT2D eigenvalue weighted by Crippen LogP contribution is -2.29. The van der Waals surface area contributed by atoms with Crippen LogP contribution in [-0.2, 0) is 11.8 Å². The van der Waals surface area contributed by atoms with Gasteiger partial charge in [-0.1, -0.05) is 96.5 Å². The average Bonchev–Trinajstić information content (AvgIpc) is 2.96. The van der Waals surface area contributed by atoms with Crippen molar-refractivity contribution < 1.29 is 0 Å². The second kappa shape index (κ2) is 10.3. The van der Waals surface area contributed by atoms with E-state index >= 15 is 0 Å². The first kappa shape index (κ1) is 25.3. The number of nitriles is 1. The molecule has 0 spiro atoms. The Kier molecular flexibility index (Phi) is 6.67. The SMILES string of the molecule is CC1(C)CC(c2cccc(Br)c2)Cc2ccc3c(ccc4ccccc43)c21.N#Cc1ccc2ncccc2c1. The Morgan fingerprint density at radius 1 is 0.795 bits per heavy atom. The molecule has 0 radical (unpaired) electrons. The van der Waals surface area contributed by atoms with Gasteiger partial charge in [0.1, 0.15) is 0 Å². The third-order valence-corrected chi connectivity index (χ3v) is 8.46. The van der Waals surface area contributed by atoms with Crippen LogP contribution in [0.2, 0.25) is 0 Å². The highest BCUT2D eigenvalue weighted by molar-refractivity contribution is 9.10. The first-order chi connectivity index (χ1) is 18.9. The highest BCUT2D eigenvalue weighted by Gasteiger charge is 2.35. The highest BCUT2D eigenvalue weighted by atomic mass is 79.9. The molecule has 1 unspecified atom stereocenters. The Balaban J connectivity index is 0.000000193. The van der Waals surface area contributed by atoms with Crippen LogP contribution in [0, 0.1) is 11.3 Å². The molecule has 0 N–H and O–H groups in total. The van der Waals surface area contributed by atoms with E-state index < -0.39 is 0 Å². The fraction of sp³-hybridized carbons (Fsp3) is 0.167. The molecule has 1 aliphatic carbocycles. The van der Waals surface area contributed by atoms with Crippen LogP contribution in [0.1, 0.15) is 48.4 Å². The van der Waals surface area contributed by atoms with Gasteiger partial charge in [0.2, 0.25) is 0 Å². The summed E-state index contributed by atoms with van der Waals surface area (Å²) in [6.07, 6.45) is 4.05. The van der Waals surface area contributed by atoms with Gasteiger partial charge in [-0.15, -0.1) is 0 Å². The molecule has 5 aromatic carbocycles. The average molecular weight is 570 g/mol. The molecule has 1 heterocycles. The van der Waals surface area contributed by atoms with Crippen molar-refractivity contribution in [2.24, 2.45) is 0 Å². The molecule has 3 heteroatoms. The van der Waals surface area contributed by atoms with E-state index in [2.05, 4.69) is 114 Å². The molecule has 0 amide bonds. The predicted octanol–water partition coefficient (Wildman–Crippen LogP) is 9.87. The first-order valence-corrected chi connectivity index (χ1v) is 14.2. The Bertz CT molecular complexity index is 1880. The van der Waals surface area contributed by atoms with E-state index in [9.17, 15) is 0 Å². The molecule has 1 aliphatic rings. The molecule has 7 rings (SSSR count). The summed E-state index contributed by atoms with van der Waals surface area (Å²) in [5.74, 6) is 0.572. The van der Waals surface area contributed by atoms with Crippen molar-refractivity contribution in [3.63, 3.8) is 0 Å². The molecular weight excluding hydrogens is 540 g/mol. The Morgan fingerprint density at radius 2 is 1.62 bits per heavy atom. The topological polar surface area (TPSA) is 36.7 Å². The number of hydrogen-bond acceptors (Lipinski definition) is 2. The predicted molar refractivity (Wildman–Crippen MR) is 166 cm³/mol. The number of aromatic nitrogens is 1. The largest absolute Gasteiger partial charge is 0.256 e. The zero-order valence-electron chi connectivity index (χ0n) is 22.2. The maximum atomic E-state index is 8.63. The summed E-state index contributed by atoms with van der Waals surface area (Å²) in [7, 11) is 0. The summed E-state index contributed by atoms with van der Waals surface area (Å²) in [6.45, 7) is 4.84. The molecule has 1 atom stereocenters. The standard InChI is InChI=1S/C26H23Br.C10H6N2/c1-26(2)16-20(18-7-5-8-21(27)15-18)14-19-11-12-23-22-9-4-3-6-17(22)10-13-24(23)25(19)26;11-7-8-3-4-10-9(6-8)2-1-5-12-10/h3-13,15,20H,14,16H2,1-2H3;1-6H. The van der Waals surface area contributed by atoms with Gasteiger partial charge in [-0.2, -0.15) is 5.26 Å². The van der Waals surface area contributed by atoms with E-state index in [0.29, 0.717) is 11.5 Å². The second-order valence-corrected chi connectivity index (χ2v) is 12.0. The molecule has 1 aromatic heterocycles. The van der Waals surface area contributed by atoms with Gasteiger partial charge in [-0.25, -0.2) is 0 Å². The van der Waals surface area contributed by atoms with Crippen molar-refractivity contribution >= 4 is 48.4 Å². The van der Waals surface area contributed by atoms with Crippen LogP contribution in [0.5, 0.6) is 0 Å².